The Balaban J connectivity index is 2.19. The van der Waals surface area contributed by atoms with Crippen LogP contribution in [-0.2, 0) is 0 Å². The summed E-state index contributed by atoms with van der Waals surface area (Å²) in [6.07, 6.45) is 1.78. The molecule has 0 spiro atoms. The molecule has 0 bridgehead atoms. The first-order chi connectivity index (χ1) is 10.8. The monoisotopic (exact) mass is 284 g/mol. The van der Waals surface area contributed by atoms with Crippen LogP contribution in [0.4, 0.5) is 0 Å². The van der Waals surface area contributed by atoms with Crippen molar-refractivity contribution in [1.82, 2.24) is 4.98 Å². The summed E-state index contributed by atoms with van der Waals surface area (Å²) in [6, 6.07) is 17.9. The maximum atomic E-state index is 9.35. The highest BCUT2D eigenvalue weighted by molar-refractivity contribution is 6.13. The summed E-state index contributed by atoms with van der Waals surface area (Å²) >= 11 is 0. The molecule has 3 heteroatoms. The topological polar surface area (TPSA) is 49.8 Å². The smallest absolute Gasteiger partial charge is 0.153 e. The average Bonchev–Trinajstić information content (AvgIpc) is 2.93. The van der Waals surface area contributed by atoms with Crippen molar-refractivity contribution in [2.45, 2.75) is 6.92 Å². The van der Waals surface area contributed by atoms with Gasteiger partial charge in [-0.05, 0) is 42.8 Å². The highest BCUT2D eigenvalue weighted by atomic mass is 16.3. The van der Waals surface area contributed by atoms with Crippen LogP contribution < -0.4 is 0 Å². The predicted molar refractivity (Wildman–Crippen MR) is 86.4 cm³/mol. The second-order valence-corrected chi connectivity index (χ2v) is 5.30. The Hall–Kier alpha value is -3.12. The molecular weight excluding hydrogens is 272 g/mol. The van der Waals surface area contributed by atoms with Crippen molar-refractivity contribution >= 4 is 21.9 Å². The van der Waals surface area contributed by atoms with Crippen LogP contribution in [0.15, 0.2) is 59.1 Å². The fourth-order valence-electron chi connectivity index (χ4n) is 2.89. The normalized spacial score (nSPS) is 10.9. The van der Waals surface area contributed by atoms with Gasteiger partial charge in [-0.1, -0.05) is 18.2 Å². The number of rotatable bonds is 1. The SMILES string of the molecule is Cc1cc(C#N)c2oc3cccc(-c4ccccn4)c3c2c1. The van der Waals surface area contributed by atoms with Gasteiger partial charge in [-0.15, -0.1) is 0 Å². The van der Waals surface area contributed by atoms with Gasteiger partial charge in [0.25, 0.3) is 0 Å². The third-order valence-electron chi connectivity index (χ3n) is 3.80. The van der Waals surface area contributed by atoms with E-state index in [4.69, 9.17) is 4.42 Å². The van der Waals surface area contributed by atoms with Crippen molar-refractivity contribution in [2.75, 3.05) is 0 Å². The summed E-state index contributed by atoms with van der Waals surface area (Å²) in [6.45, 7) is 1.99. The lowest BCUT2D eigenvalue weighted by molar-refractivity contribution is 0.667. The lowest BCUT2D eigenvalue weighted by Gasteiger charge is -2.02. The van der Waals surface area contributed by atoms with E-state index in [0.717, 1.165) is 33.2 Å². The van der Waals surface area contributed by atoms with E-state index in [-0.39, 0.29) is 0 Å². The molecule has 0 fully saturated rings. The number of nitrogens with zero attached hydrogens (tertiary/aromatic N) is 2. The Morgan fingerprint density at radius 1 is 1.09 bits per heavy atom. The fourth-order valence-corrected chi connectivity index (χ4v) is 2.89. The molecule has 3 nitrogen and oxygen atoms in total. The average molecular weight is 284 g/mol. The van der Waals surface area contributed by atoms with E-state index >= 15 is 0 Å². The van der Waals surface area contributed by atoms with E-state index in [1.165, 1.54) is 0 Å². The van der Waals surface area contributed by atoms with Gasteiger partial charge in [0.2, 0.25) is 0 Å². The number of hydrogen-bond donors (Lipinski definition) is 0. The van der Waals surface area contributed by atoms with Gasteiger partial charge < -0.3 is 4.42 Å². The standard InChI is InChI=1S/C19H12N2O/c1-12-9-13(11-20)19-15(10-12)18-14(5-4-7-17(18)22-19)16-6-2-3-8-21-16/h2-10H,1H3. The second-order valence-electron chi connectivity index (χ2n) is 5.30. The molecule has 4 aromatic rings. The summed E-state index contributed by atoms with van der Waals surface area (Å²) < 4.78 is 5.94. The molecule has 4 rings (SSSR count). The van der Waals surface area contributed by atoms with Crippen molar-refractivity contribution in [2.24, 2.45) is 0 Å². The zero-order chi connectivity index (χ0) is 15.1. The van der Waals surface area contributed by atoms with Crippen molar-refractivity contribution < 1.29 is 4.42 Å². The van der Waals surface area contributed by atoms with E-state index in [1.54, 1.807) is 6.20 Å². The van der Waals surface area contributed by atoms with Gasteiger partial charge in [-0.2, -0.15) is 5.26 Å². The maximum absolute atomic E-state index is 9.35. The molecule has 0 amide bonds. The fraction of sp³-hybridized carbons (Fsp3) is 0.0526. The van der Waals surface area contributed by atoms with Gasteiger partial charge >= 0.3 is 0 Å². The largest absolute Gasteiger partial charge is 0.455 e. The number of nitriles is 1. The Morgan fingerprint density at radius 3 is 2.77 bits per heavy atom. The Bertz CT molecular complexity index is 1040. The van der Waals surface area contributed by atoms with Crippen molar-refractivity contribution in [3.63, 3.8) is 0 Å². The van der Waals surface area contributed by atoms with E-state index in [1.807, 2.05) is 49.4 Å². The van der Waals surface area contributed by atoms with Crippen LogP contribution in [0.1, 0.15) is 11.1 Å². The van der Waals surface area contributed by atoms with Crippen molar-refractivity contribution in [3.8, 4) is 17.3 Å². The molecule has 0 aliphatic rings. The van der Waals surface area contributed by atoms with Gasteiger partial charge in [0.05, 0.1) is 11.3 Å². The lowest BCUT2D eigenvalue weighted by atomic mass is 10.0. The molecule has 104 valence electrons. The van der Waals surface area contributed by atoms with Gasteiger partial charge in [0.15, 0.2) is 5.58 Å². The molecule has 0 atom stereocenters. The number of fused-ring (bicyclic) bond motifs is 3. The van der Waals surface area contributed by atoms with Crippen LogP contribution in [0.3, 0.4) is 0 Å². The highest BCUT2D eigenvalue weighted by Crippen LogP contribution is 2.37. The summed E-state index contributed by atoms with van der Waals surface area (Å²) in [5.74, 6) is 0. The number of aryl methyl sites for hydroxylation is 1. The second kappa shape index (κ2) is 4.71. The Kier molecular flexibility index (Phi) is 2.70. The molecule has 0 unspecified atom stereocenters. The van der Waals surface area contributed by atoms with E-state index < -0.39 is 0 Å². The number of hydrogen-bond acceptors (Lipinski definition) is 3. The van der Waals surface area contributed by atoms with Crippen LogP contribution in [0.25, 0.3) is 33.2 Å². The number of pyridine rings is 1. The Morgan fingerprint density at radius 2 is 2.00 bits per heavy atom. The van der Waals surface area contributed by atoms with Crippen molar-refractivity contribution in [3.05, 3.63) is 65.9 Å². The van der Waals surface area contributed by atoms with Crippen molar-refractivity contribution in [1.29, 1.82) is 5.26 Å². The first-order valence-electron chi connectivity index (χ1n) is 7.05. The molecular formula is C19H12N2O. The molecule has 0 radical (unpaired) electrons. The number of furan rings is 1. The van der Waals surface area contributed by atoms with Crippen LogP contribution in [0, 0.1) is 18.3 Å². The number of benzene rings is 2. The highest BCUT2D eigenvalue weighted by Gasteiger charge is 2.15. The van der Waals surface area contributed by atoms with Gasteiger partial charge in [0, 0.05) is 22.5 Å². The van der Waals surface area contributed by atoms with Crippen LogP contribution in [0.2, 0.25) is 0 Å². The summed E-state index contributed by atoms with van der Waals surface area (Å²) in [5, 5.41) is 11.3. The summed E-state index contributed by atoms with van der Waals surface area (Å²) in [7, 11) is 0. The van der Waals surface area contributed by atoms with Gasteiger partial charge in [-0.25, -0.2) is 0 Å². The molecule has 0 saturated heterocycles. The summed E-state index contributed by atoms with van der Waals surface area (Å²) in [5.41, 5.74) is 4.95. The first-order valence-corrected chi connectivity index (χ1v) is 7.05. The van der Waals surface area contributed by atoms with E-state index in [0.29, 0.717) is 11.1 Å². The zero-order valence-electron chi connectivity index (χ0n) is 12.0. The zero-order valence-corrected chi connectivity index (χ0v) is 12.0. The van der Waals surface area contributed by atoms with E-state index in [9.17, 15) is 5.26 Å². The predicted octanol–water partition coefficient (Wildman–Crippen LogP) is 4.83. The molecule has 2 heterocycles. The van der Waals surface area contributed by atoms with E-state index in [2.05, 4.69) is 17.1 Å². The number of aromatic nitrogens is 1. The maximum Gasteiger partial charge on any atom is 0.153 e. The first kappa shape index (κ1) is 12.6. The molecule has 0 aliphatic carbocycles. The minimum atomic E-state index is 0.568. The minimum absolute atomic E-state index is 0.568. The quantitative estimate of drug-likeness (QED) is 0.503. The summed E-state index contributed by atoms with van der Waals surface area (Å²) in [4.78, 5) is 4.44. The van der Waals surface area contributed by atoms with Gasteiger partial charge in [0.1, 0.15) is 11.7 Å². The molecule has 0 N–H and O–H groups in total. The minimum Gasteiger partial charge on any atom is -0.455 e. The van der Waals surface area contributed by atoms with Crippen LogP contribution in [-0.4, -0.2) is 4.98 Å². The third kappa shape index (κ3) is 1.78. The van der Waals surface area contributed by atoms with Crippen LogP contribution in [0.5, 0.6) is 0 Å². The van der Waals surface area contributed by atoms with Gasteiger partial charge in [-0.3, -0.25) is 4.98 Å². The molecule has 22 heavy (non-hydrogen) atoms. The third-order valence-corrected chi connectivity index (χ3v) is 3.80. The molecule has 0 saturated carbocycles. The van der Waals surface area contributed by atoms with Crippen LogP contribution >= 0.6 is 0 Å². The Labute approximate surface area is 127 Å². The molecule has 2 aromatic carbocycles. The molecule has 0 aliphatic heterocycles. The molecule has 2 aromatic heterocycles. The lowest BCUT2D eigenvalue weighted by Crippen LogP contribution is -1.83.